The number of amides is 2. The lowest BCUT2D eigenvalue weighted by Gasteiger charge is -2.20. The number of hydrogen-bond acceptors (Lipinski definition) is 6. The van der Waals surface area contributed by atoms with E-state index in [-0.39, 0.29) is 13.5 Å². The summed E-state index contributed by atoms with van der Waals surface area (Å²) in [7, 11) is 0. The maximum Gasteiger partial charge on any atom is 0.412 e. The molecule has 0 bridgehead atoms. The van der Waals surface area contributed by atoms with Crippen LogP contribution in [0.2, 0.25) is 0 Å². The number of nitrogens with one attached hydrogen (secondary N) is 2. The Hall–Kier alpha value is -2.32. The molecule has 1 aromatic rings. The van der Waals surface area contributed by atoms with Gasteiger partial charge in [0.15, 0.2) is 0 Å². The number of ether oxygens (including phenoxy) is 2. The molecule has 2 N–H and O–H groups in total. The van der Waals surface area contributed by atoms with Gasteiger partial charge in [0.25, 0.3) is 0 Å². The van der Waals surface area contributed by atoms with Crippen molar-refractivity contribution in [1.82, 2.24) is 9.80 Å². The topological polar surface area (TPSA) is 83.1 Å². The molecule has 0 fully saturated rings. The van der Waals surface area contributed by atoms with Crippen LogP contribution in [0.4, 0.5) is 21.0 Å². The van der Waals surface area contributed by atoms with Gasteiger partial charge in [-0.25, -0.2) is 9.59 Å². The SMILES string of the molecule is CCCCCCCCCCCCCCN(CC)COC(=O)Nc1ccc(NC(=O)OCN(CC)CCCCCCCCCCCCCC)cc1. The van der Waals surface area contributed by atoms with E-state index in [0.29, 0.717) is 11.4 Å². The van der Waals surface area contributed by atoms with Crippen LogP contribution in [0.1, 0.15) is 182 Å². The number of nitrogens with zero attached hydrogens (tertiary/aromatic N) is 2. The van der Waals surface area contributed by atoms with Crippen LogP contribution < -0.4 is 10.6 Å². The van der Waals surface area contributed by atoms with Crippen LogP contribution in [0.15, 0.2) is 24.3 Å². The lowest BCUT2D eigenvalue weighted by molar-refractivity contribution is 0.0792. The Kier molecular flexibility index (Phi) is 30.9. The monoisotopic (exact) mass is 703 g/mol. The van der Waals surface area contributed by atoms with Crippen LogP contribution >= 0.6 is 0 Å². The lowest BCUT2D eigenvalue weighted by atomic mass is 10.1. The molecule has 0 aromatic heterocycles. The highest BCUT2D eigenvalue weighted by Crippen LogP contribution is 2.16. The molecule has 0 saturated carbocycles. The minimum Gasteiger partial charge on any atom is -0.433 e. The molecule has 290 valence electrons. The van der Waals surface area contributed by atoms with E-state index in [4.69, 9.17) is 9.47 Å². The molecule has 0 aliphatic carbocycles. The Morgan fingerprint density at radius 3 is 0.960 bits per heavy atom. The first-order valence-electron chi connectivity index (χ1n) is 20.9. The second-order valence-corrected chi connectivity index (χ2v) is 14.1. The van der Waals surface area contributed by atoms with E-state index in [9.17, 15) is 9.59 Å². The number of carbonyl (C=O) groups is 2. The number of benzene rings is 1. The van der Waals surface area contributed by atoms with Crippen molar-refractivity contribution >= 4 is 23.6 Å². The third-order valence-corrected chi connectivity index (χ3v) is 9.68. The Balaban J connectivity index is 2.12. The number of carbonyl (C=O) groups excluding carboxylic acids is 2. The summed E-state index contributed by atoms with van der Waals surface area (Å²) in [5.74, 6) is 0. The van der Waals surface area contributed by atoms with Gasteiger partial charge in [-0.2, -0.15) is 0 Å². The van der Waals surface area contributed by atoms with E-state index >= 15 is 0 Å². The summed E-state index contributed by atoms with van der Waals surface area (Å²) < 4.78 is 10.9. The average molecular weight is 703 g/mol. The van der Waals surface area contributed by atoms with Gasteiger partial charge in [0.1, 0.15) is 13.5 Å². The van der Waals surface area contributed by atoms with E-state index in [1.54, 1.807) is 24.3 Å². The van der Waals surface area contributed by atoms with Gasteiger partial charge in [-0.3, -0.25) is 20.4 Å². The molecular formula is C42H78N4O4. The van der Waals surface area contributed by atoms with E-state index in [1.807, 2.05) is 0 Å². The van der Waals surface area contributed by atoms with Gasteiger partial charge in [0.05, 0.1) is 0 Å². The lowest BCUT2D eigenvalue weighted by Crippen LogP contribution is -2.30. The minimum absolute atomic E-state index is 0.278. The molecule has 8 nitrogen and oxygen atoms in total. The second-order valence-electron chi connectivity index (χ2n) is 14.1. The fourth-order valence-electron chi connectivity index (χ4n) is 6.23. The molecule has 0 saturated heterocycles. The molecule has 0 heterocycles. The molecule has 2 amide bonds. The van der Waals surface area contributed by atoms with Crippen molar-refractivity contribution in [1.29, 1.82) is 0 Å². The summed E-state index contributed by atoms with van der Waals surface area (Å²) in [4.78, 5) is 29.1. The predicted molar refractivity (Wildman–Crippen MR) is 213 cm³/mol. The number of anilines is 2. The Bertz CT molecular complexity index is 841. The summed E-state index contributed by atoms with van der Waals surface area (Å²) in [6, 6.07) is 6.97. The first-order chi connectivity index (χ1) is 24.5. The van der Waals surface area contributed by atoms with E-state index in [0.717, 1.165) is 39.0 Å². The number of hydrogen-bond donors (Lipinski definition) is 2. The van der Waals surface area contributed by atoms with Gasteiger partial charge in [-0.05, 0) is 50.2 Å². The maximum atomic E-state index is 12.4. The third-order valence-electron chi connectivity index (χ3n) is 9.68. The fourth-order valence-corrected chi connectivity index (χ4v) is 6.23. The van der Waals surface area contributed by atoms with Crippen molar-refractivity contribution in [3.05, 3.63) is 24.3 Å². The van der Waals surface area contributed by atoms with Gasteiger partial charge < -0.3 is 9.47 Å². The summed E-state index contributed by atoms with van der Waals surface area (Å²) >= 11 is 0. The normalized spacial score (nSPS) is 11.3. The number of unbranched alkanes of at least 4 members (excludes halogenated alkanes) is 22. The first-order valence-corrected chi connectivity index (χ1v) is 20.9. The minimum atomic E-state index is -0.480. The predicted octanol–water partition coefficient (Wildman–Crippen LogP) is 12.7. The zero-order valence-corrected chi connectivity index (χ0v) is 33.1. The zero-order valence-electron chi connectivity index (χ0n) is 33.1. The van der Waals surface area contributed by atoms with Gasteiger partial charge in [-0.1, -0.05) is 169 Å². The third kappa shape index (κ3) is 27.4. The highest BCUT2D eigenvalue weighted by atomic mass is 16.6. The molecule has 0 unspecified atom stereocenters. The van der Waals surface area contributed by atoms with Crippen LogP contribution in [0.5, 0.6) is 0 Å². The van der Waals surface area contributed by atoms with Crippen LogP contribution in [-0.2, 0) is 9.47 Å². The summed E-state index contributed by atoms with van der Waals surface area (Å²) in [5, 5.41) is 5.55. The van der Waals surface area contributed by atoms with Gasteiger partial charge in [0, 0.05) is 24.5 Å². The van der Waals surface area contributed by atoms with E-state index in [1.165, 1.54) is 141 Å². The van der Waals surface area contributed by atoms with Crippen LogP contribution in [0, 0.1) is 0 Å². The van der Waals surface area contributed by atoms with Gasteiger partial charge >= 0.3 is 12.2 Å². The van der Waals surface area contributed by atoms with Crippen LogP contribution in [-0.4, -0.2) is 61.6 Å². The molecule has 50 heavy (non-hydrogen) atoms. The van der Waals surface area contributed by atoms with Crippen molar-refractivity contribution in [2.24, 2.45) is 0 Å². The van der Waals surface area contributed by atoms with Crippen molar-refractivity contribution in [3.8, 4) is 0 Å². The standard InChI is InChI=1S/C42H78N4O4/c1-5-9-11-13-15-17-19-21-23-25-27-29-35-45(7-3)37-49-41(47)43-39-31-33-40(34-32-39)44-42(48)50-38-46(8-4)36-30-28-26-24-22-20-18-16-14-12-10-6-2/h31-34H,5-30,35-38H2,1-4H3,(H,43,47)(H,44,48). The molecule has 1 rings (SSSR count). The molecule has 0 aliphatic rings. The molecule has 1 aromatic carbocycles. The molecule has 0 radical (unpaired) electrons. The average Bonchev–Trinajstić information content (AvgIpc) is 3.12. The molecule has 8 heteroatoms. The van der Waals surface area contributed by atoms with Crippen molar-refractivity contribution in [3.63, 3.8) is 0 Å². The van der Waals surface area contributed by atoms with Gasteiger partial charge in [0.2, 0.25) is 0 Å². The van der Waals surface area contributed by atoms with Gasteiger partial charge in [-0.15, -0.1) is 0 Å². The first kappa shape index (κ1) is 45.7. The number of rotatable bonds is 34. The smallest absolute Gasteiger partial charge is 0.412 e. The van der Waals surface area contributed by atoms with E-state index in [2.05, 4.69) is 48.1 Å². The highest BCUT2D eigenvalue weighted by Gasteiger charge is 2.10. The Morgan fingerprint density at radius 1 is 0.440 bits per heavy atom. The summed E-state index contributed by atoms with van der Waals surface area (Å²) in [5.41, 5.74) is 1.22. The van der Waals surface area contributed by atoms with Crippen LogP contribution in [0.3, 0.4) is 0 Å². The zero-order chi connectivity index (χ0) is 36.3. The molecule has 0 aliphatic heterocycles. The summed E-state index contributed by atoms with van der Waals surface area (Å²) in [6.45, 7) is 12.9. The van der Waals surface area contributed by atoms with E-state index < -0.39 is 12.2 Å². The largest absolute Gasteiger partial charge is 0.433 e. The quantitative estimate of drug-likeness (QED) is 0.0549. The second kappa shape index (κ2) is 33.8. The summed E-state index contributed by atoms with van der Waals surface area (Å²) in [6.07, 6.45) is 31.0. The van der Waals surface area contributed by atoms with Crippen LogP contribution in [0.25, 0.3) is 0 Å². The molecular weight excluding hydrogens is 624 g/mol. The van der Waals surface area contributed by atoms with Crippen molar-refractivity contribution in [2.75, 3.05) is 50.3 Å². The highest BCUT2D eigenvalue weighted by molar-refractivity contribution is 5.87. The Morgan fingerprint density at radius 2 is 0.700 bits per heavy atom. The molecule has 0 spiro atoms. The Labute approximate surface area is 308 Å². The fraction of sp³-hybridized carbons (Fsp3) is 0.810. The van der Waals surface area contributed by atoms with Crippen molar-refractivity contribution in [2.45, 2.75) is 182 Å². The molecule has 0 atom stereocenters. The maximum absolute atomic E-state index is 12.4. The van der Waals surface area contributed by atoms with Crippen molar-refractivity contribution < 1.29 is 19.1 Å².